The van der Waals surface area contributed by atoms with Crippen LogP contribution in [-0.4, -0.2) is 71.7 Å². The van der Waals surface area contributed by atoms with E-state index in [0.717, 1.165) is 0 Å². The first kappa shape index (κ1) is 38.4. The molecule has 0 atom stereocenters. The predicted molar refractivity (Wildman–Crippen MR) is 15.4 cm³/mol. The van der Waals surface area contributed by atoms with Crippen molar-refractivity contribution in [1.29, 1.82) is 0 Å². The van der Waals surface area contributed by atoms with Gasteiger partial charge in [-0.25, -0.2) is 0 Å². The Morgan fingerprint density at radius 2 is 0.750 bits per heavy atom. The zero-order valence-corrected chi connectivity index (χ0v) is 5.93. The Balaban J connectivity index is 0. The SMILES string of the molecule is [Ca+2].[Mg+2].[OH-].[OH-]. The smallest absolute Gasteiger partial charge is 0.870 e. The summed E-state index contributed by atoms with van der Waals surface area (Å²) in [6.45, 7) is 0. The summed E-state index contributed by atoms with van der Waals surface area (Å²) >= 11 is 0. The minimum atomic E-state index is 0. The van der Waals surface area contributed by atoms with Gasteiger partial charge in [0, 0.05) is 0 Å². The van der Waals surface area contributed by atoms with Crippen LogP contribution in [0.2, 0.25) is 0 Å². The van der Waals surface area contributed by atoms with Gasteiger partial charge in [0.2, 0.25) is 0 Å². The first-order chi connectivity index (χ1) is 0. The van der Waals surface area contributed by atoms with Gasteiger partial charge in [-0.15, -0.1) is 0 Å². The molecule has 2 nitrogen and oxygen atoms in total. The molecular formula is H2CaMgO2+2. The molecule has 0 aromatic rings. The standard InChI is InChI=1S/Ca.Mg.2H2O/h;;2*1H2/q2*+2;;/p-2. The Morgan fingerprint density at radius 3 is 0.750 bits per heavy atom. The molecule has 0 saturated heterocycles. The summed E-state index contributed by atoms with van der Waals surface area (Å²) in [6.07, 6.45) is 0. The van der Waals surface area contributed by atoms with Gasteiger partial charge in [-0.2, -0.15) is 0 Å². The third-order valence-corrected chi connectivity index (χ3v) is 0. The second-order valence-corrected chi connectivity index (χ2v) is 0. The maximum absolute atomic E-state index is 0. The number of rotatable bonds is 0. The van der Waals surface area contributed by atoms with Crippen LogP contribution in [-0.2, 0) is 0 Å². The van der Waals surface area contributed by atoms with Crippen molar-refractivity contribution in [3.63, 3.8) is 0 Å². The molecule has 0 aromatic carbocycles. The molecular weight excluding hydrogens is 96.4 g/mol. The van der Waals surface area contributed by atoms with Gasteiger partial charge in [0.25, 0.3) is 0 Å². The van der Waals surface area contributed by atoms with Gasteiger partial charge < -0.3 is 11.0 Å². The van der Waals surface area contributed by atoms with Crippen LogP contribution in [0.3, 0.4) is 0 Å². The molecule has 0 aliphatic carbocycles. The third kappa shape index (κ3) is 9.04. The molecule has 0 radical (unpaired) electrons. The van der Waals surface area contributed by atoms with E-state index in [9.17, 15) is 0 Å². The molecule has 0 amide bonds. The molecule has 0 unspecified atom stereocenters. The van der Waals surface area contributed by atoms with Crippen LogP contribution < -0.4 is 0 Å². The van der Waals surface area contributed by atoms with Gasteiger partial charge >= 0.3 is 60.8 Å². The van der Waals surface area contributed by atoms with Gasteiger partial charge in [-0.3, -0.25) is 0 Å². The summed E-state index contributed by atoms with van der Waals surface area (Å²) in [5.74, 6) is 0. The van der Waals surface area contributed by atoms with E-state index >= 15 is 0 Å². The van der Waals surface area contributed by atoms with Gasteiger partial charge in [-0.1, -0.05) is 0 Å². The first-order valence-corrected chi connectivity index (χ1v) is 0. The monoisotopic (exact) mass is 98.0 g/mol. The van der Waals surface area contributed by atoms with Crippen molar-refractivity contribution in [3.8, 4) is 0 Å². The van der Waals surface area contributed by atoms with Crippen molar-refractivity contribution in [2.75, 3.05) is 0 Å². The van der Waals surface area contributed by atoms with Gasteiger partial charge in [-0.05, 0) is 0 Å². The fraction of sp³-hybridized carbons (Fsp3) is 0. The summed E-state index contributed by atoms with van der Waals surface area (Å²) in [6, 6.07) is 0. The van der Waals surface area contributed by atoms with Gasteiger partial charge in [0.1, 0.15) is 0 Å². The molecule has 4 heavy (non-hydrogen) atoms. The van der Waals surface area contributed by atoms with Crippen LogP contribution in [0.15, 0.2) is 0 Å². The second kappa shape index (κ2) is 20.3. The van der Waals surface area contributed by atoms with E-state index in [-0.39, 0.29) is 71.7 Å². The average molecular weight is 98.4 g/mol. The minimum absolute atomic E-state index is 0. The van der Waals surface area contributed by atoms with Crippen LogP contribution in [0.5, 0.6) is 0 Å². The molecule has 0 bridgehead atoms. The van der Waals surface area contributed by atoms with E-state index in [1.54, 1.807) is 0 Å². The summed E-state index contributed by atoms with van der Waals surface area (Å²) in [5.41, 5.74) is 0. The Morgan fingerprint density at radius 1 is 0.750 bits per heavy atom. The van der Waals surface area contributed by atoms with Crippen molar-refractivity contribution in [3.05, 3.63) is 0 Å². The summed E-state index contributed by atoms with van der Waals surface area (Å²) in [7, 11) is 0. The second-order valence-electron chi connectivity index (χ2n) is 0. The molecule has 0 aliphatic heterocycles. The Hall–Kier alpha value is 1.95. The molecule has 16 valence electrons. The maximum Gasteiger partial charge on any atom is 2.00 e. The summed E-state index contributed by atoms with van der Waals surface area (Å²) in [4.78, 5) is 0. The summed E-state index contributed by atoms with van der Waals surface area (Å²) < 4.78 is 0. The Kier molecular flexibility index (Phi) is 195. The maximum atomic E-state index is 0. The third-order valence-electron chi connectivity index (χ3n) is 0. The molecule has 0 aliphatic rings. The molecule has 2 N–H and O–H groups in total. The van der Waals surface area contributed by atoms with Crippen LogP contribution in [0.1, 0.15) is 0 Å². The van der Waals surface area contributed by atoms with Crippen molar-refractivity contribution >= 4 is 60.8 Å². The van der Waals surface area contributed by atoms with E-state index in [1.165, 1.54) is 0 Å². The topological polar surface area (TPSA) is 60.0 Å². The molecule has 0 heterocycles. The molecule has 0 spiro atoms. The largest absolute Gasteiger partial charge is 2.00 e. The molecule has 0 saturated carbocycles. The van der Waals surface area contributed by atoms with Crippen molar-refractivity contribution in [2.45, 2.75) is 0 Å². The van der Waals surface area contributed by atoms with Crippen LogP contribution in [0, 0.1) is 0 Å². The Labute approximate surface area is 70.7 Å². The van der Waals surface area contributed by atoms with Crippen molar-refractivity contribution in [1.82, 2.24) is 0 Å². The average Bonchev–Trinajstić information content (AvgIpc) is 0. The molecule has 0 aromatic heterocycles. The van der Waals surface area contributed by atoms with Crippen molar-refractivity contribution in [2.24, 2.45) is 0 Å². The van der Waals surface area contributed by atoms with Crippen molar-refractivity contribution < 1.29 is 11.0 Å². The quantitative estimate of drug-likeness (QED) is 0.361. The predicted octanol–water partition coefficient (Wildman–Crippen LogP) is -1.12. The first-order valence-electron chi connectivity index (χ1n) is 0. The van der Waals surface area contributed by atoms with E-state index in [4.69, 9.17) is 0 Å². The van der Waals surface area contributed by atoms with Gasteiger partial charge in [0.05, 0.1) is 0 Å². The van der Waals surface area contributed by atoms with E-state index in [2.05, 4.69) is 0 Å². The Bertz CT molecular complexity index is 6.00. The normalized spacial score (nSPS) is 0. The summed E-state index contributed by atoms with van der Waals surface area (Å²) in [5, 5.41) is 0. The van der Waals surface area contributed by atoms with Crippen LogP contribution in [0.25, 0.3) is 0 Å². The molecule has 0 rings (SSSR count). The minimum Gasteiger partial charge on any atom is -0.870 e. The van der Waals surface area contributed by atoms with Crippen LogP contribution >= 0.6 is 0 Å². The van der Waals surface area contributed by atoms with E-state index < -0.39 is 0 Å². The zero-order chi connectivity index (χ0) is 0. The van der Waals surface area contributed by atoms with E-state index in [0.29, 0.717) is 0 Å². The fourth-order valence-electron chi connectivity index (χ4n) is 0. The molecule has 0 fully saturated rings. The molecule has 4 heteroatoms. The number of hydrogen-bond acceptors (Lipinski definition) is 2. The van der Waals surface area contributed by atoms with E-state index in [1.807, 2.05) is 0 Å². The van der Waals surface area contributed by atoms with Crippen LogP contribution in [0.4, 0.5) is 0 Å². The fourth-order valence-corrected chi connectivity index (χ4v) is 0. The number of hydrogen-bond donors (Lipinski definition) is 0. The van der Waals surface area contributed by atoms with Gasteiger partial charge in [0.15, 0.2) is 0 Å². The zero-order valence-electron chi connectivity index (χ0n) is 2.31.